The first kappa shape index (κ1) is 21.2. The molecule has 7 nitrogen and oxygen atoms in total. The number of aryl methyl sites for hydroxylation is 2. The lowest BCUT2D eigenvalue weighted by Gasteiger charge is -2.08. The molecule has 154 valence electrons. The molecule has 0 fully saturated rings. The van der Waals surface area contributed by atoms with Crippen molar-refractivity contribution in [3.8, 4) is 0 Å². The van der Waals surface area contributed by atoms with Gasteiger partial charge in [-0.2, -0.15) is 0 Å². The number of esters is 1. The quantitative estimate of drug-likeness (QED) is 0.452. The zero-order valence-corrected chi connectivity index (χ0v) is 17.9. The normalized spacial score (nSPS) is 11.7. The van der Waals surface area contributed by atoms with Crippen molar-refractivity contribution in [1.82, 2.24) is 4.72 Å². The third kappa shape index (κ3) is 5.53. The first-order chi connectivity index (χ1) is 13.6. The van der Waals surface area contributed by atoms with E-state index in [1.807, 2.05) is 19.9 Å². The van der Waals surface area contributed by atoms with Gasteiger partial charge in [0.15, 0.2) is 0 Å². The highest BCUT2D eigenvalue weighted by Gasteiger charge is 2.14. The Kier molecular flexibility index (Phi) is 6.21. The van der Waals surface area contributed by atoms with Gasteiger partial charge in [-0.1, -0.05) is 0 Å². The Morgan fingerprint density at radius 3 is 2.62 bits per heavy atom. The number of ether oxygens (including phenoxy) is 1. The lowest BCUT2D eigenvalue weighted by molar-refractivity contribution is 0.0479. The van der Waals surface area contributed by atoms with Crippen LogP contribution in [0.2, 0.25) is 0 Å². The number of sulfonamides is 1. The lowest BCUT2D eigenvalue weighted by Crippen LogP contribution is -2.23. The number of carbonyl (C=O) groups excluding carboxylic acids is 1. The molecule has 0 aliphatic rings. The molecule has 0 radical (unpaired) electrons. The van der Waals surface area contributed by atoms with Gasteiger partial charge in [0.05, 0.1) is 6.26 Å². The zero-order chi connectivity index (χ0) is 21.2. The second-order valence-corrected chi connectivity index (χ2v) is 9.78. The summed E-state index contributed by atoms with van der Waals surface area (Å²) in [6, 6.07) is 8.46. The third-order valence-corrected chi connectivity index (χ3v) is 6.26. The van der Waals surface area contributed by atoms with Crippen molar-refractivity contribution in [3.05, 3.63) is 67.2 Å². The summed E-state index contributed by atoms with van der Waals surface area (Å²) in [6.45, 7) is 4.10. The van der Waals surface area contributed by atoms with E-state index in [4.69, 9.17) is 9.15 Å². The average molecular weight is 436 g/mol. The van der Waals surface area contributed by atoms with Crippen LogP contribution in [0.3, 0.4) is 0 Å². The maximum Gasteiger partial charge on any atom is 0.348 e. The van der Waals surface area contributed by atoms with Gasteiger partial charge in [-0.25, -0.2) is 22.7 Å². The second-order valence-electron chi connectivity index (χ2n) is 6.78. The van der Waals surface area contributed by atoms with E-state index in [2.05, 4.69) is 4.72 Å². The van der Waals surface area contributed by atoms with Gasteiger partial charge in [0.25, 0.3) is 0 Å². The van der Waals surface area contributed by atoms with E-state index >= 15 is 0 Å². The van der Waals surface area contributed by atoms with Crippen LogP contribution in [-0.4, -0.2) is 27.2 Å². The molecule has 0 aliphatic heterocycles. The highest BCUT2D eigenvalue weighted by molar-refractivity contribution is 7.88. The minimum atomic E-state index is -3.24. The van der Waals surface area contributed by atoms with Crippen molar-refractivity contribution in [2.45, 2.75) is 26.9 Å². The van der Waals surface area contributed by atoms with Crippen molar-refractivity contribution in [3.63, 3.8) is 0 Å². The molecule has 2 heterocycles. The van der Waals surface area contributed by atoms with Crippen LogP contribution in [0.5, 0.6) is 0 Å². The Balaban J connectivity index is 1.70. The smallest absolute Gasteiger partial charge is 0.348 e. The lowest BCUT2D eigenvalue weighted by atomic mass is 10.0. The maximum absolute atomic E-state index is 12.4. The largest absolute Gasteiger partial charge is 0.457 e. The summed E-state index contributed by atoms with van der Waals surface area (Å²) in [7, 11) is -3.24. The number of benzene rings is 1. The van der Waals surface area contributed by atoms with Crippen LogP contribution in [-0.2, 0) is 27.8 Å². The number of rotatable bonds is 7. The van der Waals surface area contributed by atoms with Gasteiger partial charge in [0.2, 0.25) is 10.0 Å². The summed E-state index contributed by atoms with van der Waals surface area (Å²) in [6.07, 6.45) is 1.58. The summed E-state index contributed by atoms with van der Waals surface area (Å²) in [5, 5.41) is 0.735. The molecule has 1 aromatic carbocycles. The number of carbonyl (C=O) groups is 1. The van der Waals surface area contributed by atoms with E-state index in [1.165, 1.54) is 17.4 Å². The molecule has 3 rings (SSSR count). The molecule has 0 bridgehead atoms. The molecular formula is C20H21NO6S2. The van der Waals surface area contributed by atoms with E-state index in [9.17, 15) is 18.0 Å². The molecule has 3 aromatic rings. The monoisotopic (exact) mass is 435 g/mol. The average Bonchev–Trinajstić information content (AvgIpc) is 3.09. The summed E-state index contributed by atoms with van der Waals surface area (Å²) < 4.78 is 35.3. The summed E-state index contributed by atoms with van der Waals surface area (Å²) >= 11 is 1.25. The highest BCUT2D eigenvalue weighted by Crippen LogP contribution is 2.23. The molecule has 0 amide bonds. The minimum absolute atomic E-state index is 0.0493. The number of thiophene rings is 1. The van der Waals surface area contributed by atoms with Gasteiger partial charge in [0.1, 0.15) is 17.1 Å². The summed E-state index contributed by atoms with van der Waals surface area (Å²) in [4.78, 5) is 25.5. The van der Waals surface area contributed by atoms with Gasteiger partial charge >= 0.3 is 11.6 Å². The Labute approximate surface area is 172 Å². The van der Waals surface area contributed by atoms with Gasteiger partial charge in [-0.3, -0.25) is 0 Å². The molecule has 1 N–H and O–H groups in total. The van der Waals surface area contributed by atoms with Crippen LogP contribution in [0.15, 0.2) is 39.5 Å². The Hall–Kier alpha value is -2.49. The molecule has 29 heavy (non-hydrogen) atoms. The Bertz CT molecular complexity index is 1220. The van der Waals surface area contributed by atoms with E-state index in [0.29, 0.717) is 22.4 Å². The van der Waals surface area contributed by atoms with Crippen LogP contribution in [0.4, 0.5) is 0 Å². The first-order valence-corrected chi connectivity index (χ1v) is 11.6. The Morgan fingerprint density at radius 1 is 1.17 bits per heavy atom. The van der Waals surface area contributed by atoms with E-state index in [0.717, 1.165) is 27.6 Å². The van der Waals surface area contributed by atoms with Crippen LogP contribution in [0.25, 0.3) is 11.0 Å². The predicted octanol–water partition coefficient (Wildman–Crippen LogP) is 2.92. The highest BCUT2D eigenvalue weighted by atomic mass is 32.2. The van der Waals surface area contributed by atoms with E-state index < -0.39 is 21.6 Å². The van der Waals surface area contributed by atoms with Crippen molar-refractivity contribution in [1.29, 1.82) is 0 Å². The third-order valence-electron chi connectivity index (χ3n) is 4.40. The number of hydrogen-bond donors (Lipinski definition) is 1. The van der Waals surface area contributed by atoms with E-state index in [1.54, 1.807) is 18.2 Å². The van der Waals surface area contributed by atoms with Crippen molar-refractivity contribution in [2.75, 3.05) is 12.8 Å². The first-order valence-electron chi connectivity index (χ1n) is 8.87. The Morgan fingerprint density at radius 2 is 1.90 bits per heavy atom. The fourth-order valence-electron chi connectivity index (χ4n) is 2.80. The molecule has 0 spiro atoms. The number of hydrogen-bond acceptors (Lipinski definition) is 7. The fourth-order valence-corrected chi connectivity index (χ4v) is 4.17. The van der Waals surface area contributed by atoms with Crippen molar-refractivity contribution in [2.24, 2.45) is 0 Å². The zero-order valence-electron chi connectivity index (χ0n) is 16.3. The van der Waals surface area contributed by atoms with Gasteiger partial charge in [0, 0.05) is 28.4 Å². The van der Waals surface area contributed by atoms with Gasteiger partial charge in [-0.05, 0) is 55.7 Å². The van der Waals surface area contributed by atoms with Crippen LogP contribution < -0.4 is 10.3 Å². The molecule has 0 aliphatic carbocycles. The standard InChI is InChI=1S/C20H21NO6S2/c1-12-8-16-14(10-19(22)27-17(16)9-13(12)2)11-26-20(23)18-5-4-15(28-18)6-7-21-29(3,24)25/h4-5,8-10,21H,6-7,11H2,1-3H3. The maximum atomic E-state index is 12.4. The number of nitrogens with one attached hydrogen (secondary N) is 1. The van der Waals surface area contributed by atoms with E-state index in [-0.39, 0.29) is 13.2 Å². The fraction of sp³-hybridized carbons (Fsp3) is 0.300. The number of fused-ring (bicyclic) bond motifs is 1. The molecule has 2 aromatic heterocycles. The topological polar surface area (TPSA) is 103 Å². The predicted molar refractivity (Wildman–Crippen MR) is 112 cm³/mol. The van der Waals surface area contributed by atoms with Crippen molar-refractivity contribution >= 4 is 38.3 Å². The summed E-state index contributed by atoms with van der Waals surface area (Å²) in [5.74, 6) is -0.498. The molecular weight excluding hydrogens is 414 g/mol. The van der Waals surface area contributed by atoms with Gasteiger partial charge < -0.3 is 9.15 Å². The molecule has 0 saturated heterocycles. The van der Waals surface area contributed by atoms with Crippen LogP contribution in [0.1, 0.15) is 31.2 Å². The molecule has 0 atom stereocenters. The van der Waals surface area contributed by atoms with Crippen LogP contribution >= 0.6 is 11.3 Å². The summed E-state index contributed by atoms with van der Waals surface area (Å²) in [5.41, 5.74) is 2.60. The molecule has 0 unspecified atom stereocenters. The SMILES string of the molecule is Cc1cc2oc(=O)cc(COC(=O)c3ccc(CCNS(C)(=O)=O)s3)c2cc1C. The molecule has 0 saturated carbocycles. The van der Waals surface area contributed by atoms with Crippen molar-refractivity contribution < 1.29 is 22.4 Å². The van der Waals surface area contributed by atoms with Crippen LogP contribution in [0, 0.1) is 13.8 Å². The minimum Gasteiger partial charge on any atom is -0.457 e. The van der Waals surface area contributed by atoms with Gasteiger partial charge in [-0.15, -0.1) is 11.3 Å². The molecule has 9 heteroatoms. The second kappa shape index (κ2) is 8.48.